The Balaban J connectivity index is 2.05. The van der Waals surface area contributed by atoms with E-state index in [1.807, 2.05) is 12.1 Å². The highest BCUT2D eigenvalue weighted by Crippen LogP contribution is 2.20. The number of carbonyl (C=O) groups excluding carboxylic acids is 1. The molecule has 1 atom stereocenters. The quantitative estimate of drug-likeness (QED) is 0.830. The van der Waals surface area contributed by atoms with Gasteiger partial charge in [0.1, 0.15) is 5.15 Å². The fraction of sp³-hybridized carbons (Fsp3) is 0.500. The second kappa shape index (κ2) is 5.47. The molecule has 0 aliphatic carbocycles. The van der Waals surface area contributed by atoms with Gasteiger partial charge in [-0.3, -0.25) is 9.69 Å². The first-order valence-electron chi connectivity index (χ1n) is 5.77. The summed E-state index contributed by atoms with van der Waals surface area (Å²) in [5.74, 6) is 0.0997. The Kier molecular flexibility index (Phi) is 3.97. The Labute approximate surface area is 106 Å². The van der Waals surface area contributed by atoms with Crippen molar-refractivity contribution in [1.29, 1.82) is 0 Å². The number of likely N-dealkylation sites (tertiary alicyclic amines) is 1. The molecule has 1 aromatic rings. The normalized spacial score (nSPS) is 20.5. The highest BCUT2D eigenvalue weighted by atomic mass is 35.5. The first-order valence-corrected chi connectivity index (χ1v) is 6.14. The summed E-state index contributed by atoms with van der Waals surface area (Å²) in [6.07, 6.45) is 3.69. The van der Waals surface area contributed by atoms with E-state index < -0.39 is 0 Å². The van der Waals surface area contributed by atoms with Gasteiger partial charge in [0.2, 0.25) is 5.91 Å². The molecule has 1 amide bonds. The standard InChI is InChI=1S/C12H16ClN3O/c1-14-12(17)10-3-2-6-16(10)8-9-4-5-15-11(13)7-9/h4-5,7,10H,2-3,6,8H2,1H3,(H,14,17). The third kappa shape index (κ3) is 2.96. The van der Waals surface area contributed by atoms with Crippen LogP contribution in [-0.2, 0) is 11.3 Å². The lowest BCUT2D eigenvalue weighted by Crippen LogP contribution is -2.41. The van der Waals surface area contributed by atoms with Crippen LogP contribution in [-0.4, -0.2) is 35.4 Å². The second-order valence-corrected chi connectivity index (χ2v) is 4.62. The van der Waals surface area contributed by atoms with E-state index in [4.69, 9.17) is 11.6 Å². The summed E-state index contributed by atoms with van der Waals surface area (Å²) in [7, 11) is 1.68. The van der Waals surface area contributed by atoms with Crippen LogP contribution in [0.4, 0.5) is 0 Å². The van der Waals surface area contributed by atoms with Crippen LogP contribution in [0, 0.1) is 0 Å². The van der Waals surface area contributed by atoms with Gasteiger partial charge in [-0.1, -0.05) is 11.6 Å². The molecule has 1 aliphatic heterocycles. The van der Waals surface area contributed by atoms with Gasteiger partial charge < -0.3 is 5.32 Å². The molecule has 2 heterocycles. The average Bonchev–Trinajstić information content (AvgIpc) is 2.76. The van der Waals surface area contributed by atoms with Crippen molar-refractivity contribution in [2.45, 2.75) is 25.4 Å². The maximum Gasteiger partial charge on any atom is 0.237 e. The van der Waals surface area contributed by atoms with E-state index in [2.05, 4.69) is 15.2 Å². The summed E-state index contributed by atoms with van der Waals surface area (Å²) < 4.78 is 0. The van der Waals surface area contributed by atoms with E-state index in [9.17, 15) is 4.79 Å². The SMILES string of the molecule is CNC(=O)C1CCCN1Cc1ccnc(Cl)c1. The summed E-state index contributed by atoms with van der Waals surface area (Å²) in [6.45, 7) is 1.71. The van der Waals surface area contributed by atoms with Crippen LogP contribution in [0.2, 0.25) is 5.15 Å². The number of nitrogens with one attached hydrogen (secondary N) is 1. The molecular weight excluding hydrogens is 238 g/mol. The number of halogens is 1. The maximum atomic E-state index is 11.7. The van der Waals surface area contributed by atoms with Gasteiger partial charge in [-0.25, -0.2) is 4.98 Å². The van der Waals surface area contributed by atoms with Crippen molar-refractivity contribution in [2.24, 2.45) is 0 Å². The molecule has 1 N–H and O–H groups in total. The molecule has 1 aliphatic rings. The third-order valence-electron chi connectivity index (χ3n) is 3.09. The summed E-state index contributed by atoms with van der Waals surface area (Å²) in [5.41, 5.74) is 1.10. The molecule has 17 heavy (non-hydrogen) atoms. The highest BCUT2D eigenvalue weighted by molar-refractivity contribution is 6.29. The minimum absolute atomic E-state index is 0.00746. The van der Waals surface area contributed by atoms with Crippen LogP contribution in [0.5, 0.6) is 0 Å². The lowest BCUT2D eigenvalue weighted by Gasteiger charge is -2.22. The fourth-order valence-corrected chi connectivity index (χ4v) is 2.45. The summed E-state index contributed by atoms with van der Waals surface area (Å²) in [4.78, 5) is 17.8. The van der Waals surface area contributed by atoms with Crippen molar-refractivity contribution in [3.05, 3.63) is 29.0 Å². The number of amides is 1. The first kappa shape index (κ1) is 12.3. The number of carbonyl (C=O) groups is 1. The average molecular weight is 254 g/mol. The Morgan fingerprint density at radius 3 is 3.24 bits per heavy atom. The molecule has 0 saturated carbocycles. The zero-order valence-electron chi connectivity index (χ0n) is 9.82. The number of hydrogen-bond donors (Lipinski definition) is 1. The first-order chi connectivity index (χ1) is 8.20. The Hall–Kier alpha value is -1.13. The summed E-state index contributed by atoms with van der Waals surface area (Å²) in [5, 5.41) is 3.21. The topological polar surface area (TPSA) is 45.2 Å². The number of pyridine rings is 1. The molecule has 1 saturated heterocycles. The van der Waals surface area contributed by atoms with E-state index >= 15 is 0 Å². The lowest BCUT2D eigenvalue weighted by atomic mass is 10.2. The predicted octanol–water partition coefficient (Wildman–Crippen LogP) is 1.45. The van der Waals surface area contributed by atoms with Crippen molar-refractivity contribution in [2.75, 3.05) is 13.6 Å². The van der Waals surface area contributed by atoms with E-state index in [0.717, 1.165) is 31.5 Å². The van der Waals surface area contributed by atoms with Gasteiger partial charge in [-0.05, 0) is 37.1 Å². The molecule has 0 radical (unpaired) electrons. The summed E-state index contributed by atoms with van der Waals surface area (Å²) >= 11 is 5.85. The molecule has 5 heteroatoms. The minimum atomic E-state index is -0.00746. The van der Waals surface area contributed by atoms with Gasteiger partial charge in [0.05, 0.1) is 6.04 Å². The number of hydrogen-bond acceptors (Lipinski definition) is 3. The molecule has 0 bridgehead atoms. The number of aromatic nitrogens is 1. The molecule has 0 spiro atoms. The van der Waals surface area contributed by atoms with Crippen molar-refractivity contribution < 1.29 is 4.79 Å². The molecule has 0 aromatic carbocycles. The van der Waals surface area contributed by atoms with Gasteiger partial charge in [0.25, 0.3) is 0 Å². The Morgan fingerprint density at radius 2 is 2.53 bits per heavy atom. The Morgan fingerprint density at radius 1 is 1.71 bits per heavy atom. The predicted molar refractivity (Wildman–Crippen MR) is 66.7 cm³/mol. The maximum absolute atomic E-state index is 11.7. The van der Waals surface area contributed by atoms with E-state index in [1.165, 1.54) is 0 Å². The van der Waals surface area contributed by atoms with Crippen LogP contribution >= 0.6 is 11.6 Å². The van der Waals surface area contributed by atoms with Gasteiger partial charge in [0, 0.05) is 19.8 Å². The van der Waals surface area contributed by atoms with Crippen LogP contribution in [0.3, 0.4) is 0 Å². The number of nitrogens with zero attached hydrogens (tertiary/aromatic N) is 2. The molecule has 4 nitrogen and oxygen atoms in total. The van der Waals surface area contributed by atoms with Crippen LogP contribution in [0.15, 0.2) is 18.3 Å². The van der Waals surface area contributed by atoms with Crippen LogP contribution in [0.25, 0.3) is 0 Å². The molecular formula is C12H16ClN3O. The van der Waals surface area contributed by atoms with Crippen LogP contribution in [0.1, 0.15) is 18.4 Å². The van der Waals surface area contributed by atoms with E-state index in [1.54, 1.807) is 13.2 Å². The largest absolute Gasteiger partial charge is 0.358 e. The Bertz CT molecular complexity index is 410. The van der Waals surface area contributed by atoms with Crippen molar-refractivity contribution in [3.8, 4) is 0 Å². The third-order valence-corrected chi connectivity index (χ3v) is 3.30. The smallest absolute Gasteiger partial charge is 0.237 e. The highest BCUT2D eigenvalue weighted by Gasteiger charge is 2.29. The zero-order chi connectivity index (χ0) is 12.3. The zero-order valence-corrected chi connectivity index (χ0v) is 10.6. The van der Waals surface area contributed by atoms with Crippen LogP contribution < -0.4 is 5.32 Å². The lowest BCUT2D eigenvalue weighted by molar-refractivity contribution is -0.125. The molecule has 1 unspecified atom stereocenters. The van der Waals surface area contributed by atoms with E-state index in [0.29, 0.717) is 5.15 Å². The van der Waals surface area contributed by atoms with E-state index in [-0.39, 0.29) is 11.9 Å². The van der Waals surface area contributed by atoms with Crippen molar-refractivity contribution in [1.82, 2.24) is 15.2 Å². The fourth-order valence-electron chi connectivity index (χ4n) is 2.25. The van der Waals surface area contributed by atoms with Crippen molar-refractivity contribution >= 4 is 17.5 Å². The number of rotatable bonds is 3. The monoisotopic (exact) mass is 253 g/mol. The molecule has 92 valence electrons. The molecule has 2 rings (SSSR count). The number of likely N-dealkylation sites (N-methyl/N-ethyl adjacent to an activating group) is 1. The van der Waals surface area contributed by atoms with Gasteiger partial charge >= 0.3 is 0 Å². The van der Waals surface area contributed by atoms with Gasteiger partial charge in [-0.2, -0.15) is 0 Å². The molecule has 1 fully saturated rings. The van der Waals surface area contributed by atoms with Gasteiger partial charge in [-0.15, -0.1) is 0 Å². The molecule has 1 aromatic heterocycles. The minimum Gasteiger partial charge on any atom is -0.358 e. The van der Waals surface area contributed by atoms with Gasteiger partial charge in [0.15, 0.2) is 0 Å². The summed E-state index contributed by atoms with van der Waals surface area (Å²) in [6, 6.07) is 3.78. The van der Waals surface area contributed by atoms with Crippen molar-refractivity contribution in [3.63, 3.8) is 0 Å². The second-order valence-electron chi connectivity index (χ2n) is 4.23.